The normalized spacial score (nSPS) is 10.6. The van der Waals surface area contributed by atoms with Gasteiger partial charge < -0.3 is 4.74 Å². The number of imidazole rings is 1. The van der Waals surface area contributed by atoms with Gasteiger partial charge >= 0.3 is 0 Å². The molecule has 0 spiro atoms. The highest BCUT2D eigenvalue weighted by Crippen LogP contribution is 2.22. The highest BCUT2D eigenvalue weighted by molar-refractivity contribution is 5.64. The second-order valence-electron chi connectivity index (χ2n) is 3.79. The van der Waals surface area contributed by atoms with Crippen LogP contribution in [0.25, 0.3) is 16.9 Å². The van der Waals surface area contributed by atoms with Gasteiger partial charge in [-0.25, -0.2) is 4.98 Å². The minimum Gasteiger partial charge on any atom is -0.497 e. The largest absolute Gasteiger partial charge is 0.497 e. The average Bonchev–Trinajstić information content (AvgIpc) is 2.87. The minimum atomic E-state index is 0.867. The number of pyridine rings is 1. The van der Waals surface area contributed by atoms with E-state index in [1.54, 1.807) is 7.11 Å². The van der Waals surface area contributed by atoms with Crippen molar-refractivity contribution in [3.8, 4) is 17.0 Å². The number of nitrogens with zero attached hydrogens (tertiary/aromatic N) is 2. The lowest BCUT2D eigenvalue weighted by molar-refractivity contribution is 0.415. The lowest BCUT2D eigenvalue weighted by Crippen LogP contribution is -1.90. The molecular weight excluding hydrogens is 212 g/mol. The Balaban J connectivity index is 2.16. The Kier molecular flexibility index (Phi) is 2.29. The molecule has 3 nitrogen and oxygen atoms in total. The van der Waals surface area contributed by atoms with Gasteiger partial charge in [-0.2, -0.15) is 0 Å². The van der Waals surface area contributed by atoms with Crippen LogP contribution in [0.2, 0.25) is 0 Å². The van der Waals surface area contributed by atoms with Crippen LogP contribution in [0.1, 0.15) is 0 Å². The molecular formula is C14H12N2O. The summed E-state index contributed by atoms with van der Waals surface area (Å²) in [4.78, 5) is 4.28. The fourth-order valence-corrected chi connectivity index (χ4v) is 1.94. The van der Waals surface area contributed by atoms with E-state index in [-0.39, 0.29) is 0 Å². The molecule has 0 bridgehead atoms. The zero-order valence-electron chi connectivity index (χ0n) is 9.50. The molecule has 3 heteroatoms. The molecule has 0 N–H and O–H groups in total. The third-order valence-electron chi connectivity index (χ3n) is 2.81. The summed E-state index contributed by atoms with van der Waals surface area (Å²) in [5.74, 6) is 0.867. The Morgan fingerprint density at radius 1 is 1.06 bits per heavy atom. The molecule has 3 aromatic rings. The summed E-state index contributed by atoms with van der Waals surface area (Å²) < 4.78 is 7.23. The molecule has 2 aromatic heterocycles. The molecule has 0 atom stereocenters. The van der Waals surface area contributed by atoms with Gasteiger partial charge in [0.15, 0.2) is 0 Å². The fraction of sp³-hybridized carbons (Fsp3) is 0.0714. The molecule has 0 saturated carbocycles. The van der Waals surface area contributed by atoms with Gasteiger partial charge in [-0.15, -0.1) is 0 Å². The van der Waals surface area contributed by atoms with E-state index in [9.17, 15) is 0 Å². The summed E-state index contributed by atoms with van der Waals surface area (Å²) in [5.41, 5.74) is 3.23. The van der Waals surface area contributed by atoms with Crippen LogP contribution < -0.4 is 4.74 Å². The van der Waals surface area contributed by atoms with E-state index >= 15 is 0 Å². The first-order valence-corrected chi connectivity index (χ1v) is 5.45. The van der Waals surface area contributed by atoms with Crippen LogP contribution in [0.3, 0.4) is 0 Å². The number of hydrogen-bond acceptors (Lipinski definition) is 2. The number of ether oxygens (including phenoxy) is 1. The maximum absolute atomic E-state index is 5.16. The maximum atomic E-state index is 5.16. The molecule has 1 aromatic carbocycles. The lowest BCUT2D eigenvalue weighted by atomic mass is 10.1. The van der Waals surface area contributed by atoms with E-state index < -0.39 is 0 Å². The van der Waals surface area contributed by atoms with E-state index in [2.05, 4.69) is 15.5 Å². The molecule has 0 unspecified atom stereocenters. The summed E-state index contributed by atoms with van der Waals surface area (Å²) in [7, 11) is 1.67. The molecule has 2 heterocycles. The zero-order valence-corrected chi connectivity index (χ0v) is 9.50. The minimum absolute atomic E-state index is 0.867. The van der Waals surface area contributed by atoms with E-state index in [4.69, 9.17) is 4.74 Å². The number of fused-ring (bicyclic) bond motifs is 1. The van der Waals surface area contributed by atoms with Crippen LogP contribution in [-0.2, 0) is 0 Å². The predicted octanol–water partition coefficient (Wildman–Crippen LogP) is 3.01. The topological polar surface area (TPSA) is 26.5 Å². The molecule has 3 rings (SSSR count). The van der Waals surface area contributed by atoms with Crippen LogP contribution in [0.5, 0.6) is 5.75 Å². The summed E-state index contributed by atoms with van der Waals surface area (Å²) in [6.07, 6.45) is 3.78. The zero-order chi connectivity index (χ0) is 11.7. The van der Waals surface area contributed by atoms with Crippen LogP contribution in [0, 0.1) is 0 Å². The quantitative estimate of drug-likeness (QED) is 0.669. The van der Waals surface area contributed by atoms with Gasteiger partial charge in [0.25, 0.3) is 0 Å². The van der Waals surface area contributed by atoms with Crippen molar-refractivity contribution in [2.75, 3.05) is 7.11 Å². The first-order chi connectivity index (χ1) is 8.38. The molecule has 84 valence electrons. The summed E-state index contributed by atoms with van der Waals surface area (Å²) in [5, 5.41) is 0. The lowest BCUT2D eigenvalue weighted by Gasteiger charge is -2.06. The number of aromatic nitrogens is 2. The second kappa shape index (κ2) is 3.94. The number of benzene rings is 1. The highest BCUT2D eigenvalue weighted by atomic mass is 16.5. The van der Waals surface area contributed by atoms with Crippen molar-refractivity contribution in [2.45, 2.75) is 0 Å². The molecule has 0 saturated heterocycles. The third kappa shape index (κ3) is 1.65. The highest BCUT2D eigenvalue weighted by Gasteiger charge is 2.03. The van der Waals surface area contributed by atoms with Crippen LogP contribution in [0.4, 0.5) is 0 Å². The van der Waals surface area contributed by atoms with Crippen molar-refractivity contribution in [3.63, 3.8) is 0 Å². The smallest absolute Gasteiger partial charge is 0.137 e. The monoisotopic (exact) mass is 224 g/mol. The van der Waals surface area contributed by atoms with E-state index in [1.165, 1.54) is 0 Å². The Bertz CT molecular complexity index is 641. The van der Waals surface area contributed by atoms with Gasteiger partial charge in [0, 0.05) is 12.4 Å². The molecule has 0 radical (unpaired) electrons. The van der Waals surface area contributed by atoms with Gasteiger partial charge in [0.2, 0.25) is 0 Å². The average molecular weight is 224 g/mol. The van der Waals surface area contributed by atoms with Crippen molar-refractivity contribution in [1.29, 1.82) is 0 Å². The first-order valence-electron chi connectivity index (χ1n) is 5.45. The summed E-state index contributed by atoms with van der Waals surface area (Å²) >= 11 is 0. The standard InChI is InChI=1S/C14H12N2O/c1-17-12-7-5-11(6-8-12)13-3-2-4-14-15-9-10-16(13)14/h2-10H,1H3. The molecule has 0 aliphatic heterocycles. The van der Waals surface area contributed by atoms with E-state index in [0.29, 0.717) is 0 Å². The van der Waals surface area contributed by atoms with Crippen LogP contribution in [-0.4, -0.2) is 16.5 Å². The molecule has 0 fully saturated rings. The van der Waals surface area contributed by atoms with Gasteiger partial charge in [0.1, 0.15) is 11.4 Å². The van der Waals surface area contributed by atoms with Gasteiger partial charge in [0.05, 0.1) is 12.8 Å². The SMILES string of the molecule is COc1ccc(-c2cccc3nccn23)cc1. The van der Waals surface area contributed by atoms with Crippen molar-refractivity contribution in [3.05, 3.63) is 54.9 Å². The Hall–Kier alpha value is -2.29. The molecule has 0 aliphatic carbocycles. The van der Waals surface area contributed by atoms with E-state index in [0.717, 1.165) is 22.7 Å². The van der Waals surface area contributed by atoms with Crippen LogP contribution >= 0.6 is 0 Å². The fourth-order valence-electron chi connectivity index (χ4n) is 1.94. The summed E-state index contributed by atoms with van der Waals surface area (Å²) in [6, 6.07) is 14.1. The van der Waals surface area contributed by atoms with Crippen molar-refractivity contribution in [1.82, 2.24) is 9.38 Å². The van der Waals surface area contributed by atoms with Crippen molar-refractivity contribution < 1.29 is 4.74 Å². The second-order valence-corrected chi connectivity index (χ2v) is 3.79. The maximum Gasteiger partial charge on any atom is 0.137 e. The predicted molar refractivity (Wildman–Crippen MR) is 67.2 cm³/mol. The Morgan fingerprint density at radius 3 is 2.65 bits per heavy atom. The third-order valence-corrected chi connectivity index (χ3v) is 2.81. The summed E-state index contributed by atoms with van der Waals surface area (Å²) in [6.45, 7) is 0. The van der Waals surface area contributed by atoms with Gasteiger partial charge in [-0.05, 0) is 42.0 Å². The number of hydrogen-bond donors (Lipinski definition) is 0. The van der Waals surface area contributed by atoms with Crippen molar-refractivity contribution >= 4 is 5.65 Å². The molecule has 0 amide bonds. The van der Waals surface area contributed by atoms with Crippen LogP contribution in [0.15, 0.2) is 54.9 Å². The van der Waals surface area contributed by atoms with E-state index in [1.807, 2.05) is 48.8 Å². The number of methoxy groups -OCH3 is 1. The molecule has 0 aliphatic rings. The molecule has 17 heavy (non-hydrogen) atoms. The van der Waals surface area contributed by atoms with Gasteiger partial charge in [-0.3, -0.25) is 4.40 Å². The van der Waals surface area contributed by atoms with Crippen molar-refractivity contribution in [2.24, 2.45) is 0 Å². The first kappa shape index (κ1) is 9.90. The Morgan fingerprint density at radius 2 is 1.88 bits per heavy atom. The Labute approximate surface area is 99.3 Å². The number of rotatable bonds is 2. The van der Waals surface area contributed by atoms with Gasteiger partial charge in [-0.1, -0.05) is 6.07 Å².